The van der Waals surface area contributed by atoms with Gasteiger partial charge in [-0.3, -0.25) is 24.0 Å². The van der Waals surface area contributed by atoms with Crippen LogP contribution < -0.4 is 11.1 Å². The average Bonchev–Trinajstić information content (AvgIpc) is 3.25. The summed E-state index contributed by atoms with van der Waals surface area (Å²) < 4.78 is 0. The lowest BCUT2D eigenvalue weighted by atomic mass is 9.54. The molecule has 5 N–H and O–H groups in total. The van der Waals surface area contributed by atoms with Gasteiger partial charge in [0.25, 0.3) is 0 Å². The number of rotatable bonds is 4. The Morgan fingerprint density at radius 1 is 1.23 bits per heavy atom. The monoisotopic (exact) mass is 497 g/mol. The highest BCUT2D eigenvalue weighted by Crippen LogP contribution is 2.50. The van der Waals surface area contributed by atoms with Gasteiger partial charge in [-0.15, -0.1) is 11.3 Å². The quantitative estimate of drug-likeness (QED) is 0.356. The van der Waals surface area contributed by atoms with Crippen LogP contribution in [0.1, 0.15) is 41.4 Å². The number of aromatic nitrogens is 1. The Bertz CT molecular complexity index is 1320. The number of amides is 1. The van der Waals surface area contributed by atoms with Crippen molar-refractivity contribution in [3.05, 3.63) is 34.3 Å². The molecule has 1 aromatic carbocycles. The number of carbonyl (C=O) groups is 5. The lowest BCUT2D eigenvalue weighted by Gasteiger charge is -2.48. The van der Waals surface area contributed by atoms with Crippen LogP contribution in [0, 0.1) is 23.7 Å². The van der Waals surface area contributed by atoms with Crippen LogP contribution in [-0.4, -0.2) is 49.8 Å². The molecule has 2 saturated carbocycles. The van der Waals surface area contributed by atoms with Gasteiger partial charge >= 0.3 is 0 Å². The summed E-state index contributed by atoms with van der Waals surface area (Å²) in [6.45, 7) is 1.96. The first-order valence-electron chi connectivity index (χ1n) is 11.3. The molecule has 0 bridgehead atoms. The van der Waals surface area contributed by atoms with E-state index < -0.39 is 58.3 Å². The fourth-order valence-electron chi connectivity index (χ4n) is 5.69. The number of phenols is 1. The maximum Gasteiger partial charge on any atom is 0.235 e. The van der Waals surface area contributed by atoms with Crippen molar-refractivity contribution >= 4 is 51.2 Å². The molecule has 35 heavy (non-hydrogen) atoms. The third-order valence-electron chi connectivity index (χ3n) is 7.43. The van der Waals surface area contributed by atoms with E-state index >= 15 is 0 Å². The summed E-state index contributed by atoms with van der Waals surface area (Å²) in [5.74, 6) is -10.2. The summed E-state index contributed by atoms with van der Waals surface area (Å²) in [4.78, 5) is 68.4. The molecule has 1 heterocycles. The Kier molecular flexibility index (Phi) is 5.37. The number of nitrogens with zero attached hydrogens (tertiary/aromatic N) is 1. The van der Waals surface area contributed by atoms with E-state index in [-0.39, 0.29) is 36.3 Å². The summed E-state index contributed by atoms with van der Waals surface area (Å²) in [6, 6.07) is 3.31. The van der Waals surface area contributed by atoms with E-state index in [4.69, 9.17) is 5.73 Å². The summed E-state index contributed by atoms with van der Waals surface area (Å²) in [6.07, 6.45) is 0.702. The number of thiazole rings is 1. The van der Waals surface area contributed by atoms with Crippen LogP contribution in [-0.2, 0) is 32.0 Å². The van der Waals surface area contributed by atoms with Crippen LogP contribution in [0.15, 0.2) is 17.5 Å². The zero-order chi connectivity index (χ0) is 25.2. The van der Waals surface area contributed by atoms with Crippen molar-refractivity contribution in [2.45, 2.75) is 38.2 Å². The molecule has 2 fully saturated rings. The summed E-state index contributed by atoms with van der Waals surface area (Å²) in [5, 5.41) is 27.6. The highest BCUT2D eigenvalue weighted by molar-refractivity contribution is 7.13. The minimum atomic E-state index is -2.65. The van der Waals surface area contributed by atoms with Crippen LogP contribution in [0.4, 0.5) is 10.8 Å². The number of fused-ring (bicyclic) bond motifs is 3. The highest BCUT2D eigenvalue weighted by atomic mass is 32.1. The third kappa shape index (κ3) is 3.33. The number of anilines is 2. The minimum absolute atomic E-state index is 0.0512. The molecule has 0 spiro atoms. The number of nitrogens with two attached hydrogens (primary N) is 1. The zero-order valence-corrected chi connectivity index (χ0v) is 19.6. The van der Waals surface area contributed by atoms with E-state index in [0.29, 0.717) is 10.7 Å². The van der Waals surface area contributed by atoms with Crippen LogP contribution in [0.3, 0.4) is 0 Å². The van der Waals surface area contributed by atoms with Gasteiger partial charge in [0.05, 0.1) is 22.9 Å². The Morgan fingerprint density at radius 2 is 1.97 bits per heavy atom. The van der Waals surface area contributed by atoms with Crippen LogP contribution in [0.5, 0.6) is 5.75 Å². The number of hydrogen-bond acceptors (Lipinski definition) is 10. The van der Waals surface area contributed by atoms with Crippen molar-refractivity contribution in [3.8, 4) is 5.75 Å². The molecule has 5 rings (SSSR count). The Balaban J connectivity index is 1.51. The molecule has 10 nitrogen and oxygen atoms in total. The normalized spacial score (nSPS) is 29.9. The largest absolute Gasteiger partial charge is 0.505 e. The number of carbonyl (C=O) groups excluding carboxylic acids is 5. The number of benzene rings is 1. The number of primary amides is 1. The number of Topliss-reactive ketones (excluding diaryl/α,β-unsaturated/α-hetero) is 4. The molecule has 1 amide bonds. The predicted octanol–water partition coefficient (Wildman–Crippen LogP) is 1.09. The second-order valence-electron chi connectivity index (χ2n) is 9.36. The van der Waals surface area contributed by atoms with E-state index in [1.165, 1.54) is 11.3 Å². The fraction of sp³-hybridized carbons (Fsp3) is 0.417. The SMILES string of the molecule is CCc1csc(Nc2ccc3c(c2O)C(=O)C2C(=O)[C@]4(O)C(=O)C(C(N)=O)C(=O)C[C@@H]4C[C@@H]2C3)n1. The van der Waals surface area contributed by atoms with Gasteiger partial charge in [-0.2, -0.15) is 0 Å². The molecular weight excluding hydrogens is 474 g/mol. The van der Waals surface area contributed by atoms with Crippen molar-refractivity contribution in [1.29, 1.82) is 0 Å². The summed E-state index contributed by atoms with van der Waals surface area (Å²) in [7, 11) is 0. The standard InChI is InChI=1S/C24H23N3O7S/c1-2-12-8-35-23(26-12)27-13-4-3-9-5-10-6-11-7-14(28)17(22(25)33)21(32)24(11,34)20(31)16(10)19(30)15(9)18(13)29/h3-4,8,10-11,16-17,29,34H,2,5-7H2,1H3,(H2,25,33)(H,26,27)/t10-,11-,16?,17?,24-/m0/s1. The van der Waals surface area contributed by atoms with E-state index in [9.17, 15) is 34.2 Å². The van der Waals surface area contributed by atoms with Gasteiger partial charge in [-0.1, -0.05) is 13.0 Å². The lowest BCUT2D eigenvalue weighted by molar-refractivity contribution is -0.175. The van der Waals surface area contributed by atoms with E-state index in [1.807, 2.05) is 12.3 Å². The van der Waals surface area contributed by atoms with Gasteiger partial charge in [0, 0.05) is 17.7 Å². The van der Waals surface area contributed by atoms with Gasteiger partial charge in [-0.05, 0) is 36.8 Å². The fourth-order valence-corrected chi connectivity index (χ4v) is 6.49. The van der Waals surface area contributed by atoms with Crippen molar-refractivity contribution in [3.63, 3.8) is 0 Å². The third-order valence-corrected chi connectivity index (χ3v) is 8.24. The molecule has 2 unspecified atom stereocenters. The molecular formula is C24H23N3O7S. The second-order valence-corrected chi connectivity index (χ2v) is 10.2. The van der Waals surface area contributed by atoms with Crippen molar-refractivity contribution < 1.29 is 34.2 Å². The smallest absolute Gasteiger partial charge is 0.235 e. The molecule has 1 aromatic heterocycles. The van der Waals surface area contributed by atoms with Crippen molar-refractivity contribution in [1.82, 2.24) is 4.98 Å². The molecule has 3 aliphatic carbocycles. The number of ketones is 4. The molecule has 0 radical (unpaired) electrons. The van der Waals surface area contributed by atoms with Crippen molar-refractivity contribution in [2.24, 2.45) is 29.4 Å². The first kappa shape index (κ1) is 23.3. The Hall–Kier alpha value is -3.44. The maximum absolute atomic E-state index is 13.5. The first-order valence-corrected chi connectivity index (χ1v) is 12.2. The van der Waals surface area contributed by atoms with Gasteiger partial charge in [0.15, 0.2) is 39.8 Å². The Morgan fingerprint density at radius 3 is 2.63 bits per heavy atom. The molecule has 0 saturated heterocycles. The summed E-state index contributed by atoms with van der Waals surface area (Å²) in [5.41, 5.74) is 4.14. The van der Waals surface area contributed by atoms with Crippen LogP contribution >= 0.6 is 11.3 Å². The number of aryl methyl sites for hydroxylation is 1. The maximum atomic E-state index is 13.5. The predicted molar refractivity (Wildman–Crippen MR) is 123 cm³/mol. The topological polar surface area (TPSA) is 177 Å². The number of hydrogen-bond donors (Lipinski definition) is 4. The average molecular weight is 498 g/mol. The Labute approximate surface area is 203 Å². The second kappa shape index (κ2) is 8.06. The molecule has 0 aliphatic heterocycles. The van der Waals surface area contributed by atoms with Gasteiger partial charge in [0.2, 0.25) is 5.91 Å². The lowest BCUT2D eigenvalue weighted by Crippen LogP contribution is -2.68. The molecule has 5 atom stereocenters. The van der Waals surface area contributed by atoms with Crippen LogP contribution in [0.2, 0.25) is 0 Å². The number of phenolic OH excluding ortho intramolecular Hbond substituents is 1. The van der Waals surface area contributed by atoms with Gasteiger partial charge < -0.3 is 21.3 Å². The van der Waals surface area contributed by atoms with E-state index in [0.717, 1.165) is 12.1 Å². The first-order chi connectivity index (χ1) is 16.6. The summed E-state index contributed by atoms with van der Waals surface area (Å²) >= 11 is 1.34. The number of nitrogens with one attached hydrogen (secondary N) is 1. The minimum Gasteiger partial charge on any atom is -0.505 e. The van der Waals surface area contributed by atoms with Crippen LogP contribution in [0.25, 0.3) is 0 Å². The molecule has 182 valence electrons. The number of aromatic hydroxyl groups is 1. The van der Waals surface area contributed by atoms with E-state index in [2.05, 4.69) is 10.3 Å². The van der Waals surface area contributed by atoms with E-state index in [1.54, 1.807) is 12.1 Å². The highest BCUT2D eigenvalue weighted by Gasteiger charge is 2.66. The number of aliphatic hydroxyl groups is 1. The molecule has 2 aromatic rings. The van der Waals surface area contributed by atoms with Gasteiger partial charge in [-0.25, -0.2) is 4.98 Å². The van der Waals surface area contributed by atoms with Gasteiger partial charge in [0.1, 0.15) is 5.75 Å². The molecule has 11 heteroatoms. The zero-order valence-electron chi connectivity index (χ0n) is 18.7. The van der Waals surface area contributed by atoms with Crippen molar-refractivity contribution in [2.75, 3.05) is 5.32 Å². The molecule has 3 aliphatic rings.